The molecule has 0 unspecified atom stereocenters. The number of allylic oxidation sites excluding steroid dienone is 1. The summed E-state index contributed by atoms with van der Waals surface area (Å²) in [4.78, 5) is 24.3. The monoisotopic (exact) mass is 354 g/mol. The minimum Gasteiger partial charge on any atom is -0.355 e. The van der Waals surface area contributed by atoms with Gasteiger partial charge in [0.15, 0.2) is 0 Å². The highest BCUT2D eigenvalue weighted by Crippen LogP contribution is 2.18. The SMILES string of the molecule is CC(C)=Cc1cnc(C)c(C(=O)c2cccc(N3CCCNCC3)n2)c1.[HH].[HH]. The van der Waals surface area contributed by atoms with Crippen LogP contribution in [0.3, 0.4) is 0 Å². The molecule has 1 N–H and O–H groups in total. The Hall–Kier alpha value is -2.53. The summed E-state index contributed by atoms with van der Waals surface area (Å²) in [5.41, 5.74) is 3.92. The molecule has 0 bridgehead atoms. The number of hydrogen-bond donors (Lipinski definition) is 1. The highest BCUT2D eigenvalue weighted by Gasteiger charge is 2.17. The van der Waals surface area contributed by atoms with Gasteiger partial charge >= 0.3 is 0 Å². The minimum absolute atomic E-state index is 0. The van der Waals surface area contributed by atoms with Crippen LogP contribution in [0.25, 0.3) is 6.08 Å². The summed E-state index contributed by atoms with van der Waals surface area (Å²) in [7, 11) is 0. The quantitative estimate of drug-likeness (QED) is 0.848. The van der Waals surface area contributed by atoms with Gasteiger partial charge in [0.2, 0.25) is 5.78 Å². The van der Waals surface area contributed by atoms with Crippen LogP contribution < -0.4 is 10.2 Å². The van der Waals surface area contributed by atoms with Gasteiger partial charge in [0.05, 0.1) is 0 Å². The number of anilines is 1. The van der Waals surface area contributed by atoms with E-state index in [-0.39, 0.29) is 8.64 Å². The number of aryl methyl sites for hydroxylation is 1. The zero-order chi connectivity index (χ0) is 18.5. The molecule has 3 heterocycles. The van der Waals surface area contributed by atoms with Crippen molar-refractivity contribution in [3.63, 3.8) is 0 Å². The fourth-order valence-corrected chi connectivity index (χ4v) is 3.13. The highest BCUT2D eigenvalue weighted by atomic mass is 16.1. The highest BCUT2D eigenvalue weighted by molar-refractivity contribution is 6.08. The first-order valence-corrected chi connectivity index (χ1v) is 9.13. The van der Waals surface area contributed by atoms with Crippen LogP contribution in [0.4, 0.5) is 5.82 Å². The van der Waals surface area contributed by atoms with Crippen LogP contribution in [-0.4, -0.2) is 41.9 Å². The Morgan fingerprint density at radius 1 is 1.27 bits per heavy atom. The smallest absolute Gasteiger partial charge is 0.213 e. The van der Waals surface area contributed by atoms with E-state index in [0.717, 1.165) is 49.7 Å². The van der Waals surface area contributed by atoms with Gasteiger partial charge in [-0.1, -0.05) is 17.7 Å². The first kappa shape index (κ1) is 18.3. The number of nitrogens with one attached hydrogen (secondary N) is 1. The molecule has 1 aliphatic rings. The molecule has 2 aromatic heterocycles. The van der Waals surface area contributed by atoms with Gasteiger partial charge in [-0.2, -0.15) is 0 Å². The summed E-state index contributed by atoms with van der Waals surface area (Å²) < 4.78 is 0. The molecule has 3 rings (SSSR count). The third-order valence-electron chi connectivity index (χ3n) is 4.44. The Balaban J connectivity index is 0.00000196. The maximum atomic E-state index is 13.1. The lowest BCUT2D eigenvalue weighted by Crippen LogP contribution is -2.29. The number of nitrogens with zero attached hydrogens (tertiary/aromatic N) is 3. The van der Waals surface area contributed by atoms with Crippen molar-refractivity contribution in [3.05, 3.63) is 58.6 Å². The van der Waals surface area contributed by atoms with Crippen molar-refractivity contribution in [2.75, 3.05) is 31.1 Å². The van der Waals surface area contributed by atoms with Gasteiger partial charge in [-0.15, -0.1) is 0 Å². The first-order chi connectivity index (χ1) is 12.5. The summed E-state index contributed by atoms with van der Waals surface area (Å²) in [6.07, 6.45) is 4.90. The molecule has 1 fully saturated rings. The fraction of sp³-hybridized carbons (Fsp3) is 0.381. The van der Waals surface area contributed by atoms with Crippen molar-refractivity contribution in [2.45, 2.75) is 27.2 Å². The van der Waals surface area contributed by atoms with E-state index in [0.29, 0.717) is 11.3 Å². The molecule has 1 saturated heterocycles. The van der Waals surface area contributed by atoms with Gasteiger partial charge in [-0.3, -0.25) is 9.78 Å². The van der Waals surface area contributed by atoms with Crippen LogP contribution in [0, 0.1) is 6.92 Å². The third kappa shape index (κ3) is 4.35. The lowest BCUT2D eigenvalue weighted by molar-refractivity contribution is 0.103. The maximum Gasteiger partial charge on any atom is 0.213 e. The van der Waals surface area contributed by atoms with Gasteiger partial charge in [0.25, 0.3) is 0 Å². The number of carbonyl (C=O) groups excluding carboxylic acids is 1. The molecule has 0 amide bonds. The molecule has 2 aromatic rings. The van der Waals surface area contributed by atoms with Crippen molar-refractivity contribution in [2.24, 2.45) is 0 Å². The minimum atomic E-state index is -0.0752. The summed E-state index contributed by atoms with van der Waals surface area (Å²) >= 11 is 0. The van der Waals surface area contributed by atoms with Crippen LogP contribution >= 0.6 is 0 Å². The van der Waals surface area contributed by atoms with Crippen LogP contribution in [0.1, 0.15) is 50.4 Å². The van der Waals surface area contributed by atoms with Gasteiger partial charge in [0, 0.05) is 39.9 Å². The van der Waals surface area contributed by atoms with Gasteiger partial charge in [-0.25, -0.2) is 4.98 Å². The average Bonchev–Trinajstić information content (AvgIpc) is 2.92. The summed E-state index contributed by atoms with van der Waals surface area (Å²) in [6.45, 7) is 9.75. The summed E-state index contributed by atoms with van der Waals surface area (Å²) in [5, 5.41) is 3.39. The topological polar surface area (TPSA) is 58.1 Å². The van der Waals surface area contributed by atoms with E-state index in [2.05, 4.69) is 20.2 Å². The summed E-state index contributed by atoms with van der Waals surface area (Å²) in [5.74, 6) is 0.791. The van der Waals surface area contributed by atoms with E-state index in [1.807, 2.05) is 45.0 Å². The number of pyridine rings is 2. The molecule has 5 heteroatoms. The van der Waals surface area contributed by atoms with Crippen molar-refractivity contribution in [3.8, 4) is 0 Å². The Bertz CT molecular complexity index is 827. The predicted octanol–water partition coefficient (Wildman–Crippen LogP) is 3.73. The van der Waals surface area contributed by atoms with Gasteiger partial charge in [0.1, 0.15) is 11.5 Å². The van der Waals surface area contributed by atoms with Crippen molar-refractivity contribution < 1.29 is 7.65 Å². The van der Waals surface area contributed by atoms with E-state index in [9.17, 15) is 4.79 Å². The van der Waals surface area contributed by atoms with Crippen molar-refractivity contribution in [1.82, 2.24) is 15.3 Å². The molecular formula is C21H30N4O. The number of hydrogen-bond acceptors (Lipinski definition) is 5. The fourth-order valence-electron chi connectivity index (χ4n) is 3.13. The molecule has 5 nitrogen and oxygen atoms in total. The second kappa shape index (κ2) is 8.23. The molecule has 0 aliphatic carbocycles. The van der Waals surface area contributed by atoms with E-state index in [4.69, 9.17) is 0 Å². The zero-order valence-electron chi connectivity index (χ0n) is 15.7. The molecular weight excluding hydrogens is 324 g/mol. The molecule has 0 saturated carbocycles. The molecule has 140 valence electrons. The van der Waals surface area contributed by atoms with Crippen LogP contribution in [0.15, 0.2) is 36.0 Å². The second-order valence-electron chi connectivity index (χ2n) is 6.92. The lowest BCUT2D eigenvalue weighted by Gasteiger charge is -2.21. The summed E-state index contributed by atoms with van der Waals surface area (Å²) in [6, 6.07) is 7.58. The van der Waals surface area contributed by atoms with Crippen molar-refractivity contribution >= 4 is 17.7 Å². The van der Waals surface area contributed by atoms with E-state index in [1.165, 1.54) is 5.57 Å². The van der Waals surface area contributed by atoms with Crippen LogP contribution in [0.5, 0.6) is 0 Å². The van der Waals surface area contributed by atoms with E-state index in [1.54, 1.807) is 12.3 Å². The number of rotatable bonds is 4. The van der Waals surface area contributed by atoms with Crippen LogP contribution in [-0.2, 0) is 0 Å². The Morgan fingerprint density at radius 2 is 2.12 bits per heavy atom. The Kier molecular flexibility index (Phi) is 5.78. The number of carbonyl (C=O) groups is 1. The van der Waals surface area contributed by atoms with E-state index >= 15 is 0 Å². The Morgan fingerprint density at radius 3 is 2.92 bits per heavy atom. The molecule has 0 aromatic carbocycles. The standard InChI is InChI=1S/C21H26N4O.2H2/c1-15(2)12-17-13-18(16(3)23-14-17)21(26)19-6-4-7-20(24-19)25-10-5-8-22-9-11-25;;/h4,6-7,12-14,22H,5,8-11H2,1-3H3;2*1H. The van der Waals surface area contributed by atoms with E-state index < -0.39 is 0 Å². The molecule has 0 spiro atoms. The Labute approximate surface area is 158 Å². The normalized spacial score (nSPS) is 14.7. The van der Waals surface area contributed by atoms with Gasteiger partial charge < -0.3 is 10.2 Å². The first-order valence-electron chi connectivity index (χ1n) is 9.13. The number of aromatic nitrogens is 2. The largest absolute Gasteiger partial charge is 0.355 e. The second-order valence-corrected chi connectivity index (χ2v) is 6.92. The zero-order valence-corrected chi connectivity index (χ0v) is 15.7. The molecule has 0 atom stereocenters. The number of ketones is 1. The van der Waals surface area contributed by atoms with Crippen LogP contribution in [0.2, 0.25) is 0 Å². The molecule has 0 radical (unpaired) electrons. The molecule has 26 heavy (non-hydrogen) atoms. The van der Waals surface area contributed by atoms with Crippen molar-refractivity contribution in [1.29, 1.82) is 0 Å². The maximum absolute atomic E-state index is 13.1. The lowest BCUT2D eigenvalue weighted by atomic mass is 10.0. The average molecular weight is 354 g/mol. The van der Waals surface area contributed by atoms with Gasteiger partial charge in [-0.05, 0) is 57.5 Å². The predicted molar refractivity (Wildman–Crippen MR) is 110 cm³/mol. The molecule has 1 aliphatic heterocycles. The third-order valence-corrected chi connectivity index (χ3v) is 4.44.